The molecule has 12 amide bonds. The summed E-state index contributed by atoms with van der Waals surface area (Å²) < 4.78 is -0.339. The summed E-state index contributed by atoms with van der Waals surface area (Å²) in [5, 5.41) is 64.5. The van der Waals surface area contributed by atoms with Crippen molar-refractivity contribution in [3.63, 3.8) is 0 Å². The third kappa shape index (κ3) is 30.0. The molecule has 6 saturated heterocycles. The van der Waals surface area contributed by atoms with Gasteiger partial charge in [0.15, 0.2) is 0 Å². The van der Waals surface area contributed by atoms with E-state index in [0.717, 1.165) is 22.3 Å². The molecular formula is C82H113B6I6N15O16P6. The third-order valence-electron chi connectivity index (χ3n) is 25.3. The number of aromatic hydroxyl groups is 4. The van der Waals surface area contributed by atoms with Gasteiger partial charge in [-0.1, -0.05) is 134 Å². The quantitative estimate of drug-likeness (QED) is 0.00711. The fourth-order valence-corrected chi connectivity index (χ4v) is 25.5. The number of carbonyl (C=O) groups excluding carboxylic acids is 12. The van der Waals surface area contributed by atoms with Crippen molar-refractivity contribution in [3.05, 3.63) is 117 Å². The number of rotatable bonds is 54. The summed E-state index contributed by atoms with van der Waals surface area (Å²) in [5.41, 5.74) is -0.804. The van der Waals surface area contributed by atoms with Gasteiger partial charge >= 0.3 is 0 Å². The zero-order valence-electron chi connectivity index (χ0n) is 73.9. The van der Waals surface area contributed by atoms with Crippen LogP contribution in [0.3, 0.4) is 0 Å². The molecule has 9 N–H and O–H groups in total. The number of carbonyl (C=O) groups is 12. The van der Waals surface area contributed by atoms with Gasteiger partial charge in [0, 0.05) is 272 Å². The lowest BCUT2D eigenvalue weighted by atomic mass is 9.77. The Morgan fingerprint density at radius 2 is 0.542 bits per heavy atom. The minimum Gasteiger partial charge on any atom is -0.508 e. The Hall–Kier alpha value is -2.09. The van der Waals surface area contributed by atoms with E-state index >= 15 is 0 Å². The zero-order valence-corrected chi connectivity index (χ0v) is 93.0. The summed E-state index contributed by atoms with van der Waals surface area (Å²) >= 11 is 12.5. The molecule has 0 bridgehead atoms. The predicted octanol–water partition coefficient (Wildman–Crippen LogP) is 6.93. The van der Waals surface area contributed by atoms with E-state index in [1.807, 2.05) is 115 Å². The Kier molecular flexibility index (Phi) is 44.1. The monoisotopic (exact) mass is 2580 g/mol. The van der Waals surface area contributed by atoms with E-state index in [1.54, 1.807) is 24.3 Å². The summed E-state index contributed by atoms with van der Waals surface area (Å²) in [6.07, 6.45) is 0.658. The standard InChI is InChI=1S/C82H113B6I6N15O16P6/c1-81(2,55-5-9-62(110)51(37-55)47-100(23-13-95-18-28-104-69(114)41-59(75(104)120)86(89)126)25-15-97-20-30-106-72(117)44-66(78(106)123)129(83)92)57-7-11-64(112)53(39-57)49-102(27-17-99-22-32-108-74(119)46-68(80(108)125)131(85)94)33-34-103(35-36-109-71(116)43-61(77(109)122)88(91)128)50-54-40-58(8-12-65(54)113)82(3,4)56-6-10-63(111)52(38-56)48-101(24-14-96-19-29-105-70(115)42-60(76(105)121)87(90)127)26-16-98-21-31-107-73(118)45-67(79(107)124)130(84)93/h5-12,37-40,59-61,66-68,95-99,110-113H,13-36,41-50,126-128H2,1-4H3. The Balaban J connectivity index is 0.879. The summed E-state index contributed by atoms with van der Waals surface area (Å²) in [7, 11) is 26.2. The molecular weight excluding hydrogens is 2460 g/mol. The molecule has 0 aromatic heterocycles. The molecule has 131 heavy (non-hydrogen) atoms. The molecule has 31 nitrogen and oxygen atoms in total. The Labute approximate surface area is 862 Å². The van der Waals surface area contributed by atoms with Crippen LogP contribution in [0.2, 0.25) is 17.5 Å². The Bertz CT molecular complexity index is 4690. The maximum Gasteiger partial charge on any atom is 0.252 e. The van der Waals surface area contributed by atoms with Crippen molar-refractivity contribution in [2.75, 3.05) is 157 Å². The molecule has 49 heteroatoms. The van der Waals surface area contributed by atoms with E-state index in [-0.39, 0.29) is 222 Å². The lowest BCUT2D eigenvalue weighted by Crippen LogP contribution is -2.43. The first-order valence-electron chi connectivity index (χ1n) is 43.6. The van der Waals surface area contributed by atoms with E-state index in [9.17, 15) is 78.0 Å². The number of likely N-dealkylation sites (tertiary alicyclic amines) is 6. The van der Waals surface area contributed by atoms with Crippen LogP contribution in [0, 0.1) is 0 Å². The highest BCUT2D eigenvalue weighted by Crippen LogP contribution is 2.52. The lowest BCUT2D eigenvalue weighted by Gasteiger charge is -2.31. The van der Waals surface area contributed by atoms with Crippen LogP contribution in [0.1, 0.15) is 111 Å². The van der Waals surface area contributed by atoms with E-state index < -0.39 is 50.0 Å². The molecule has 10 rings (SSSR count). The minimum atomic E-state index is -1.21. The highest BCUT2D eigenvalue weighted by Gasteiger charge is 2.47. The summed E-state index contributed by atoms with van der Waals surface area (Å²) in [6, 6.07) is 22.0. The number of amides is 12. The molecule has 4 aromatic carbocycles. The van der Waals surface area contributed by atoms with Gasteiger partial charge in [-0.2, -0.15) is 27.4 Å². The fourth-order valence-electron chi connectivity index (χ4n) is 16.9. The maximum atomic E-state index is 14.0. The van der Waals surface area contributed by atoms with Crippen molar-refractivity contribution in [2.45, 2.75) is 138 Å². The third-order valence-corrected chi connectivity index (χ3v) is 38.3. The van der Waals surface area contributed by atoms with Gasteiger partial charge in [0.25, 0.3) is 12.9 Å². The molecule has 0 aliphatic carbocycles. The number of nitrogens with one attached hydrogen (secondary N) is 5. The van der Waals surface area contributed by atoms with Crippen LogP contribution in [0.25, 0.3) is 0 Å². The second-order valence-electron chi connectivity index (χ2n) is 34.7. The van der Waals surface area contributed by atoms with Gasteiger partial charge in [-0.3, -0.25) is 107 Å². The van der Waals surface area contributed by atoms with Gasteiger partial charge in [0.2, 0.25) is 70.9 Å². The van der Waals surface area contributed by atoms with Crippen LogP contribution < -0.4 is 26.6 Å². The predicted molar refractivity (Wildman–Crippen MR) is 581 cm³/mol. The molecule has 4 aromatic rings. The van der Waals surface area contributed by atoms with Crippen LogP contribution >= 0.6 is 177 Å². The second kappa shape index (κ2) is 52.1. The van der Waals surface area contributed by atoms with E-state index in [0.29, 0.717) is 140 Å². The van der Waals surface area contributed by atoms with Crippen LogP contribution in [0.4, 0.5) is 0 Å². The number of hydrogen-bond donors (Lipinski definition) is 9. The Morgan fingerprint density at radius 3 is 0.756 bits per heavy atom. The van der Waals surface area contributed by atoms with Crippen molar-refractivity contribution in [2.24, 2.45) is 0 Å². The SMILES string of the molecule is [B]P(I)C1CC(=O)N(CCNCCN(CCNCCN2C(=O)CC(B(P)I)C2=O)Cc2cc(C(C)(C)c3ccc(O)c(CN(CCNCCN4C(=O)CC(P([B])I)C4=O)CCN(CCN4C(=O)CC(B(P)I)C4=O)Cc4cc(C(C)(C)c5ccc(O)c(CN(CCNCCN6C(=O)CC(B(P)I)C6=O)CCNCCN6C(=O)CC(P([B])I)C6=O)c5)ccc4O)c3)ccc2O)C1=O. The first-order chi connectivity index (χ1) is 62.1. The summed E-state index contributed by atoms with van der Waals surface area (Å²) in [6.45, 7) is 17.4. The Morgan fingerprint density at radius 1 is 0.336 bits per heavy atom. The molecule has 0 spiro atoms. The smallest absolute Gasteiger partial charge is 0.252 e. The van der Waals surface area contributed by atoms with Crippen LogP contribution in [-0.2, 0) is 94.5 Å². The maximum absolute atomic E-state index is 14.0. The largest absolute Gasteiger partial charge is 0.508 e. The van der Waals surface area contributed by atoms with Crippen molar-refractivity contribution >= 4 is 283 Å². The second-order valence-corrected chi connectivity index (χ2v) is 59.2. The molecule has 0 saturated carbocycles. The van der Waals surface area contributed by atoms with Crippen LogP contribution in [0.15, 0.2) is 72.8 Å². The highest BCUT2D eigenvalue weighted by molar-refractivity contribution is 14.2. The molecule has 6 aliphatic heterocycles. The van der Waals surface area contributed by atoms with E-state index in [2.05, 4.69) is 168 Å². The molecule has 6 radical (unpaired) electrons. The topological polar surface area (TPSA) is 378 Å². The average molecular weight is 2580 g/mol. The molecule has 6 fully saturated rings. The lowest BCUT2D eigenvalue weighted by molar-refractivity contribution is -0.140. The van der Waals surface area contributed by atoms with Crippen molar-refractivity contribution in [1.82, 2.24) is 75.6 Å². The number of phenols is 4. The van der Waals surface area contributed by atoms with E-state index in [4.69, 9.17) is 22.7 Å². The first-order valence-corrected chi connectivity index (χ1v) is 62.2. The van der Waals surface area contributed by atoms with Crippen molar-refractivity contribution in [1.29, 1.82) is 0 Å². The molecule has 12 unspecified atom stereocenters. The highest BCUT2D eigenvalue weighted by atomic mass is 127. The van der Waals surface area contributed by atoms with Gasteiger partial charge in [-0.15, -0.1) is 67.1 Å². The normalized spacial score (nSPS) is 20.2. The van der Waals surface area contributed by atoms with Gasteiger partial charge in [0.1, 0.15) is 45.7 Å². The fraction of sp³-hybridized carbons (Fsp3) is 0.561. The molecule has 6 heterocycles. The number of nitrogens with zero attached hydrogens (tertiary/aromatic N) is 10. The number of hydrogen-bond acceptors (Lipinski definition) is 25. The first kappa shape index (κ1) is 111. The zero-order chi connectivity index (χ0) is 95.6. The minimum absolute atomic E-state index is 0.00450. The van der Waals surface area contributed by atoms with Crippen LogP contribution in [0.5, 0.6) is 23.0 Å². The van der Waals surface area contributed by atoms with Gasteiger partial charge in [-0.25, -0.2) is 0 Å². The van der Waals surface area contributed by atoms with Crippen LogP contribution in [-0.4, -0.2) is 350 Å². The molecule has 6 aliphatic rings. The number of phenolic OH excluding ortho intramolecular Hbond substituents is 4. The van der Waals surface area contributed by atoms with Gasteiger partial charge in [-0.05, 0) is 70.8 Å². The summed E-state index contributed by atoms with van der Waals surface area (Å²) in [5.74, 6) is -4.02. The van der Waals surface area contributed by atoms with Crippen molar-refractivity contribution in [3.8, 4) is 23.0 Å². The van der Waals surface area contributed by atoms with Gasteiger partial charge in [0.05, 0.1) is 17.0 Å². The van der Waals surface area contributed by atoms with Crippen molar-refractivity contribution < 1.29 is 78.0 Å². The summed E-state index contributed by atoms with van der Waals surface area (Å²) in [4.78, 5) is 175. The molecule has 12 atom stereocenters. The molecule has 702 valence electrons. The number of halogens is 6. The average Bonchev–Trinajstić information content (AvgIpc) is 1.67. The number of benzene rings is 4. The van der Waals surface area contributed by atoms with Gasteiger partial charge < -0.3 is 47.0 Å². The number of imide groups is 6. The van der Waals surface area contributed by atoms with E-state index in [1.165, 1.54) is 29.4 Å².